The van der Waals surface area contributed by atoms with Crippen molar-refractivity contribution in [1.82, 2.24) is 0 Å². The first-order valence-electron chi connectivity index (χ1n) is 3.65. The molecule has 1 rings (SSSR count). The van der Waals surface area contributed by atoms with Crippen LogP contribution in [0.1, 0.15) is 32.1 Å². The van der Waals surface area contributed by atoms with Gasteiger partial charge in [0.05, 0.1) is 4.71 Å². The highest BCUT2D eigenvalue weighted by Gasteiger charge is 2.06. The molecule has 0 N–H and O–H groups in total. The van der Waals surface area contributed by atoms with Crippen molar-refractivity contribution >= 4 is 23.4 Å². The molecule has 0 radical (unpaired) electrons. The van der Waals surface area contributed by atoms with Gasteiger partial charge in [0, 0.05) is 0 Å². The third-order valence-corrected chi connectivity index (χ3v) is 3.34. The predicted molar refractivity (Wildman–Crippen MR) is 45.2 cm³/mol. The number of halogens is 1. The lowest BCUT2D eigenvalue weighted by molar-refractivity contribution is 0.644. The molecule has 1 aliphatic heterocycles. The molecular weight excluding hydrogens is 152 g/mol. The van der Waals surface area contributed by atoms with E-state index in [4.69, 9.17) is 11.6 Å². The van der Waals surface area contributed by atoms with E-state index in [9.17, 15) is 0 Å². The zero-order valence-corrected chi connectivity index (χ0v) is 7.18. The first-order valence-corrected chi connectivity index (χ1v) is 5.14. The molecule has 1 aliphatic rings. The summed E-state index contributed by atoms with van der Waals surface area (Å²) in [6, 6.07) is 0. The van der Waals surface area contributed by atoms with Crippen LogP contribution in [0.2, 0.25) is 0 Å². The number of alkyl halides is 1. The van der Waals surface area contributed by atoms with E-state index in [0.717, 1.165) is 0 Å². The summed E-state index contributed by atoms with van der Waals surface area (Å²) in [6.07, 6.45) is 6.72. The maximum Gasteiger partial charge on any atom is 0.0788 e. The Morgan fingerprint density at radius 2 is 1.89 bits per heavy atom. The summed E-state index contributed by atoms with van der Waals surface area (Å²) >= 11 is 7.87. The fourth-order valence-electron chi connectivity index (χ4n) is 1.05. The molecule has 1 unspecified atom stereocenters. The SMILES string of the molecule is ClC1CCCCCCS1. The highest BCUT2D eigenvalue weighted by Crippen LogP contribution is 2.25. The van der Waals surface area contributed by atoms with Gasteiger partial charge in [0.25, 0.3) is 0 Å². The van der Waals surface area contributed by atoms with Gasteiger partial charge in [-0.05, 0) is 18.6 Å². The Morgan fingerprint density at radius 1 is 1.11 bits per heavy atom. The minimum Gasteiger partial charge on any atom is -0.142 e. The van der Waals surface area contributed by atoms with Crippen molar-refractivity contribution < 1.29 is 0 Å². The zero-order chi connectivity index (χ0) is 6.53. The van der Waals surface area contributed by atoms with Crippen molar-refractivity contribution in [2.24, 2.45) is 0 Å². The molecule has 0 saturated carbocycles. The number of hydrogen-bond acceptors (Lipinski definition) is 1. The van der Waals surface area contributed by atoms with Gasteiger partial charge in [-0.15, -0.1) is 23.4 Å². The quantitative estimate of drug-likeness (QED) is 0.496. The Labute approximate surface area is 66.3 Å². The second-order valence-corrected chi connectivity index (χ2v) is 4.58. The Balaban J connectivity index is 2.12. The molecule has 9 heavy (non-hydrogen) atoms. The van der Waals surface area contributed by atoms with E-state index in [1.165, 1.54) is 37.9 Å². The third kappa shape index (κ3) is 3.36. The summed E-state index contributed by atoms with van der Waals surface area (Å²) in [6.45, 7) is 0. The van der Waals surface area contributed by atoms with Crippen molar-refractivity contribution in [3.8, 4) is 0 Å². The van der Waals surface area contributed by atoms with Crippen molar-refractivity contribution in [2.45, 2.75) is 36.8 Å². The first kappa shape index (κ1) is 7.74. The molecule has 0 spiro atoms. The van der Waals surface area contributed by atoms with Crippen molar-refractivity contribution in [2.75, 3.05) is 5.75 Å². The highest BCUT2D eigenvalue weighted by molar-refractivity contribution is 8.01. The summed E-state index contributed by atoms with van der Waals surface area (Å²) in [5.41, 5.74) is 0. The molecule has 1 atom stereocenters. The van der Waals surface area contributed by atoms with Crippen LogP contribution in [0.5, 0.6) is 0 Å². The van der Waals surface area contributed by atoms with Gasteiger partial charge in [0.2, 0.25) is 0 Å². The minimum absolute atomic E-state index is 0.408. The Bertz CT molecular complexity index is 67.3. The predicted octanol–water partition coefficient (Wildman–Crippen LogP) is 3.25. The summed E-state index contributed by atoms with van der Waals surface area (Å²) in [5, 5.41) is 0. The highest BCUT2D eigenvalue weighted by atomic mass is 35.5. The molecule has 54 valence electrons. The lowest BCUT2D eigenvalue weighted by atomic mass is 10.2. The van der Waals surface area contributed by atoms with Gasteiger partial charge < -0.3 is 0 Å². The fraction of sp³-hybridized carbons (Fsp3) is 1.00. The van der Waals surface area contributed by atoms with E-state index >= 15 is 0 Å². The van der Waals surface area contributed by atoms with E-state index in [1.54, 1.807) is 0 Å². The van der Waals surface area contributed by atoms with Gasteiger partial charge in [0.15, 0.2) is 0 Å². The van der Waals surface area contributed by atoms with Crippen molar-refractivity contribution in [3.05, 3.63) is 0 Å². The van der Waals surface area contributed by atoms with Crippen LogP contribution in [0, 0.1) is 0 Å². The van der Waals surface area contributed by atoms with Crippen LogP contribution in [0.3, 0.4) is 0 Å². The van der Waals surface area contributed by atoms with Crippen LogP contribution in [0.25, 0.3) is 0 Å². The zero-order valence-electron chi connectivity index (χ0n) is 5.61. The van der Waals surface area contributed by atoms with E-state index in [-0.39, 0.29) is 0 Å². The van der Waals surface area contributed by atoms with Gasteiger partial charge in [0.1, 0.15) is 0 Å². The van der Waals surface area contributed by atoms with Crippen molar-refractivity contribution in [3.63, 3.8) is 0 Å². The first-order chi connectivity index (χ1) is 4.39. The van der Waals surface area contributed by atoms with Crippen LogP contribution in [-0.4, -0.2) is 10.5 Å². The van der Waals surface area contributed by atoms with Crippen LogP contribution >= 0.6 is 23.4 Å². The molecule has 0 amide bonds. The van der Waals surface area contributed by atoms with Gasteiger partial charge in [-0.25, -0.2) is 0 Å². The third-order valence-electron chi connectivity index (χ3n) is 1.62. The molecule has 1 fully saturated rings. The summed E-state index contributed by atoms with van der Waals surface area (Å²) < 4.78 is 0.408. The summed E-state index contributed by atoms with van der Waals surface area (Å²) in [7, 11) is 0. The van der Waals surface area contributed by atoms with E-state index in [1.807, 2.05) is 11.8 Å². The topological polar surface area (TPSA) is 0 Å². The molecule has 0 nitrogen and oxygen atoms in total. The number of thioether (sulfide) groups is 1. The normalized spacial score (nSPS) is 31.0. The van der Waals surface area contributed by atoms with Gasteiger partial charge in [-0.3, -0.25) is 0 Å². The maximum atomic E-state index is 5.96. The van der Waals surface area contributed by atoms with Crippen LogP contribution in [0.15, 0.2) is 0 Å². The second-order valence-electron chi connectivity index (χ2n) is 2.48. The Morgan fingerprint density at radius 3 is 2.78 bits per heavy atom. The van der Waals surface area contributed by atoms with Gasteiger partial charge >= 0.3 is 0 Å². The minimum atomic E-state index is 0.408. The van der Waals surface area contributed by atoms with Crippen LogP contribution in [0.4, 0.5) is 0 Å². The lowest BCUT2D eigenvalue weighted by Gasteiger charge is -2.11. The Hall–Kier alpha value is 0.640. The van der Waals surface area contributed by atoms with Crippen LogP contribution < -0.4 is 0 Å². The molecule has 2 heteroatoms. The molecule has 0 aromatic rings. The molecule has 1 saturated heterocycles. The van der Waals surface area contributed by atoms with E-state index in [2.05, 4.69) is 0 Å². The Kier molecular flexibility index (Phi) is 3.83. The molecule has 0 aromatic heterocycles. The van der Waals surface area contributed by atoms with Gasteiger partial charge in [-0.2, -0.15) is 0 Å². The molecule has 0 aliphatic carbocycles. The van der Waals surface area contributed by atoms with Crippen LogP contribution in [-0.2, 0) is 0 Å². The van der Waals surface area contributed by atoms with Crippen molar-refractivity contribution in [1.29, 1.82) is 0 Å². The second kappa shape index (κ2) is 4.45. The summed E-state index contributed by atoms with van der Waals surface area (Å²) in [5.74, 6) is 1.27. The lowest BCUT2D eigenvalue weighted by Crippen LogP contribution is -1.98. The largest absolute Gasteiger partial charge is 0.142 e. The standard InChI is InChI=1S/C7H13ClS/c8-7-5-3-1-2-4-6-9-7/h7H,1-6H2. The number of hydrogen-bond donors (Lipinski definition) is 0. The molecule has 0 aromatic carbocycles. The average Bonchev–Trinajstić information content (AvgIpc) is 1.79. The van der Waals surface area contributed by atoms with Gasteiger partial charge in [-0.1, -0.05) is 19.3 Å². The number of rotatable bonds is 0. The molecular formula is C7H13ClS. The molecule has 1 heterocycles. The van der Waals surface area contributed by atoms with E-state index < -0.39 is 0 Å². The van der Waals surface area contributed by atoms with E-state index in [0.29, 0.717) is 4.71 Å². The maximum absolute atomic E-state index is 5.96. The fourth-order valence-corrected chi connectivity index (χ4v) is 2.44. The average molecular weight is 165 g/mol. The monoisotopic (exact) mass is 164 g/mol. The summed E-state index contributed by atoms with van der Waals surface area (Å²) in [4.78, 5) is 0. The smallest absolute Gasteiger partial charge is 0.0788 e. The molecule has 0 bridgehead atoms.